The van der Waals surface area contributed by atoms with E-state index in [-0.39, 0.29) is 18.4 Å². The van der Waals surface area contributed by atoms with Crippen LogP contribution in [0.4, 0.5) is 5.82 Å². The van der Waals surface area contributed by atoms with Crippen LogP contribution in [0.25, 0.3) is 44.5 Å². The van der Waals surface area contributed by atoms with Crippen molar-refractivity contribution in [3.8, 4) is 22.5 Å². The van der Waals surface area contributed by atoms with Crippen LogP contribution in [-0.2, 0) is 4.74 Å². The Hall–Kier alpha value is -4.44. The molecule has 0 spiro atoms. The molecule has 0 bridgehead atoms. The van der Waals surface area contributed by atoms with Crippen molar-refractivity contribution in [3.05, 3.63) is 95.8 Å². The maximum absolute atomic E-state index is 6.11. The molecule has 1 fully saturated rings. The Labute approximate surface area is 254 Å². The number of hydrogen-bond donors (Lipinski definition) is 2. The topological polar surface area (TPSA) is 126 Å². The number of halogens is 1. The number of hydrogen-bond acceptors (Lipinski definition) is 8. The van der Waals surface area contributed by atoms with Gasteiger partial charge in [0.1, 0.15) is 29.6 Å². The van der Waals surface area contributed by atoms with Gasteiger partial charge in [-0.05, 0) is 80.0 Å². The molecule has 0 amide bonds. The Balaban J connectivity index is 0.00000329. The van der Waals surface area contributed by atoms with E-state index in [1.165, 1.54) is 0 Å². The Kier molecular flexibility index (Phi) is 8.03. The van der Waals surface area contributed by atoms with Crippen molar-refractivity contribution in [2.24, 2.45) is 0 Å². The maximum Gasteiger partial charge on any atom is 0.165 e. The summed E-state index contributed by atoms with van der Waals surface area (Å²) in [5.41, 5.74) is 7.26. The smallest absolute Gasteiger partial charge is 0.165 e. The number of rotatable bonds is 6. The van der Waals surface area contributed by atoms with Gasteiger partial charge in [0.25, 0.3) is 0 Å². The number of fused-ring (bicyclic) bond motifs is 2. The first-order valence-corrected chi connectivity index (χ1v) is 14.6. The number of nitrogens with one attached hydrogen (secondary N) is 1. The number of ether oxygens (including phenoxy) is 1. The average molecular weight is 593 g/mol. The highest BCUT2D eigenvalue weighted by Crippen LogP contribution is 2.40. The fourth-order valence-electron chi connectivity index (χ4n) is 5.83. The van der Waals surface area contributed by atoms with Crippen molar-refractivity contribution in [3.63, 3.8) is 0 Å². The summed E-state index contributed by atoms with van der Waals surface area (Å²) < 4.78 is 8.07. The van der Waals surface area contributed by atoms with Gasteiger partial charge in [-0.25, -0.2) is 19.9 Å². The molecule has 0 saturated carbocycles. The van der Waals surface area contributed by atoms with Gasteiger partial charge in [0.15, 0.2) is 5.65 Å². The van der Waals surface area contributed by atoms with E-state index in [0.29, 0.717) is 0 Å². The van der Waals surface area contributed by atoms with Crippen molar-refractivity contribution >= 4 is 39.4 Å². The predicted octanol–water partition coefficient (Wildman–Crippen LogP) is 8.10. The molecular formula is C33H33ClN8O. The van der Waals surface area contributed by atoms with Crippen LogP contribution in [0.3, 0.4) is 0 Å². The molecular weight excluding hydrogens is 560 g/mol. The number of nitrogens with zero attached hydrogens (tertiary/aromatic N) is 6. The Morgan fingerprint density at radius 1 is 0.907 bits per heavy atom. The molecule has 10 heteroatoms. The third-order valence-electron chi connectivity index (χ3n) is 8.00. The number of pyridine rings is 2. The first kappa shape index (κ1) is 28.7. The van der Waals surface area contributed by atoms with Crippen LogP contribution < -0.4 is 11.5 Å². The molecule has 0 radical (unpaired) electrons. The molecule has 1 aliphatic rings. The molecule has 6 aromatic rings. The van der Waals surface area contributed by atoms with Gasteiger partial charge in [-0.15, -0.1) is 0 Å². The van der Waals surface area contributed by atoms with Gasteiger partial charge in [-0.3, -0.25) is 9.55 Å². The van der Waals surface area contributed by atoms with Gasteiger partial charge in [-0.1, -0.05) is 35.9 Å². The largest absolute Gasteiger partial charge is 0.363 e. The zero-order valence-corrected chi connectivity index (χ0v) is 24.9. The Morgan fingerprint density at radius 2 is 1.77 bits per heavy atom. The summed E-state index contributed by atoms with van der Waals surface area (Å²) in [7, 11) is 0. The second-order valence-corrected chi connectivity index (χ2v) is 11.1. The summed E-state index contributed by atoms with van der Waals surface area (Å²) in [6, 6.07) is 18.2. The van der Waals surface area contributed by atoms with Crippen molar-refractivity contribution in [2.75, 3.05) is 11.9 Å². The van der Waals surface area contributed by atoms with Crippen molar-refractivity contribution < 1.29 is 4.74 Å². The molecule has 0 aliphatic carbocycles. The molecule has 4 N–H and O–H groups in total. The van der Waals surface area contributed by atoms with Gasteiger partial charge >= 0.3 is 0 Å². The molecule has 1 saturated heterocycles. The molecule has 9 nitrogen and oxygen atoms in total. The van der Waals surface area contributed by atoms with Crippen LogP contribution >= 0.6 is 11.6 Å². The number of aryl methyl sites for hydroxylation is 1. The quantitative estimate of drug-likeness (QED) is 0.199. The maximum atomic E-state index is 6.11. The summed E-state index contributed by atoms with van der Waals surface area (Å²) in [6.45, 7) is 4.98. The molecule has 1 unspecified atom stereocenters. The van der Waals surface area contributed by atoms with E-state index < -0.39 is 0 Å². The number of aromatic nitrogens is 6. The van der Waals surface area contributed by atoms with Crippen molar-refractivity contribution in [1.82, 2.24) is 35.6 Å². The summed E-state index contributed by atoms with van der Waals surface area (Å²) in [5, 5.41) is 6.39. The summed E-state index contributed by atoms with van der Waals surface area (Å²) in [5.74, 6) is 0.810. The molecule has 7 rings (SSSR count). The highest BCUT2D eigenvalue weighted by molar-refractivity contribution is 6.30. The fourth-order valence-corrected chi connectivity index (χ4v) is 5.96. The van der Waals surface area contributed by atoms with Crippen molar-refractivity contribution in [1.29, 1.82) is 0 Å². The number of imidazole rings is 1. The lowest BCUT2D eigenvalue weighted by Gasteiger charge is -2.23. The average Bonchev–Trinajstić information content (AvgIpc) is 3.46. The molecule has 4 aromatic heterocycles. The van der Waals surface area contributed by atoms with E-state index in [1.807, 2.05) is 53.6 Å². The lowest BCUT2D eigenvalue weighted by atomic mass is 9.93. The molecule has 2 atom stereocenters. The van der Waals surface area contributed by atoms with E-state index in [4.69, 9.17) is 36.3 Å². The Bertz CT molecular complexity index is 1900. The molecule has 1 aliphatic heterocycles. The Morgan fingerprint density at radius 3 is 2.58 bits per heavy atom. The van der Waals surface area contributed by atoms with Crippen LogP contribution in [0.2, 0.25) is 5.02 Å². The second kappa shape index (κ2) is 12.0. The second-order valence-electron chi connectivity index (χ2n) is 10.7. The van der Waals surface area contributed by atoms with Gasteiger partial charge in [0, 0.05) is 46.6 Å². The lowest BCUT2D eigenvalue weighted by molar-refractivity contribution is -0.0298. The lowest BCUT2D eigenvalue weighted by Crippen LogP contribution is -2.17. The normalized spacial score (nSPS) is 15.7. The first-order chi connectivity index (χ1) is 20.6. The van der Waals surface area contributed by atoms with Gasteiger partial charge in [-0.2, -0.15) is 0 Å². The summed E-state index contributed by atoms with van der Waals surface area (Å²) >= 11 is 6.11. The third kappa shape index (κ3) is 5.31. The zero-order valence-electron chi connectivity index (χ0n) is 24.2. The number of benzene rings is 2. The van der Waals surface area contributed by atoms with Gasteiger partial charge < -0.3 is 16.2 Å². The SMILES string of the molecule is Cc1ccc2c(N[C@H](C)c3ccc(Cl)cc3)nccc2c1-c1ncccc1-c1ncnc2c1ncn2C1CCCCO1.N. The van der Waals surface area contributed by atoms with Gasteiger partial charge in [0.2, 0.25) is 0 Å². The molecule has 5 heterocycles. The minimum absolute atomic E-state index is 0. The molecule has 2 aromatic carbocycles. The third-order valence-corrected chi connectivity index (χ3v) is 8.25. The first-order valence-electron chi connectivity index (χ1n) is 14.2. The fraction of sp³-hybridized carbons (Fsp3) is 0.242. The van der Waals surface area contributed by atoms with Crippen LogP contribution in [-0.4, -0.2) is 36.1 Å². The standard InChI is InChI=1S/C33H30ClN7O.H3N/c1-20-8-13-25-24(14-16-36-32(25)40-21(2)22-9-11-23(34)12-10-22)28(20)29-26(6-5-15-35-29)30-31-33(38-18-37-30)41(19-39-31)27-7-3-4-17-42-27;/h5-6,8-16,18-19,21,27H,3-4,7,17H2,1-2H3,(H,36,40);1H3/t21-,27?;/m1./s1. The van der Waals surface area contributed by atoms with Crippen LogP contribution in [0.1, 0.15) is 49.6 Å². The number of anilines is 1. The van der Waals surface area contributed by atoms with E-state index >= 15 is 0 Å². The van der Waals surface area contributed by atoms with Crippen molar-refractivity contribution in [2.45, 2.75) is 45.4 Å². The monoisotopic (exact) mass is 592 g/mol. The predicted molar refractivity (Wildman–Crippen MR) is 171 cm³/mol. The molecule has 43 heavy (non-hydrogen) atoms. The van der Waals surface area contributed by atoms with Crippen LogP contribution in [0.5, 0.6) is 0 Å². The summed E-state index contributed by atoms with van der Waals surface area (Å²) in [4.78, 5) is 23.7. The van der Waals surface area contributed by atoms with E-state index in [0.717, 1.165) is 92.3 Å². The van der Waals surface area contributed by atoms with Gasteiger partial charge in [0.05, 0.1) is 12.0 Å². The zero-order chi connectivity index (χ0) is 28.6. The summed E-state index contributed by atoms with van der Waals surface area (Å²) in [6.07, 6.45) is 10.2. The molecule has 218 valence electrons. The van der Waals surface area contributed by atoms with E-state index in [1.54, 1.807) is 6.33 Å². The van der Waals surface area contributed by atoms with Crippen LogP contribution in [0, 0.1) is 6.92 Å². The van der Waals surface area contributed by atoms with Crippen LogP contribution in [0.15, 0.2) is 79.6 Å². The highest BCUT2D eigenvalue weighted by Gasteiger charge is 2.23. The highest BCUT2D eigenvalue weighted by atomic mass is 35.5. The van der Waals surface area contributed by atoms with E-state index in [9.17, 15) is 0 Å². The van der Waals surface area contributed by atoms with E-state index in [2.05, 4.69) is 48.4 Å². The minimum Gasteiger partial charge on any atom is -0.363 e. The minimum atomic E-state index is -0.0612.